The fraction of sp³-hybridized carbons (Fsp3) is 0.167. The Kier molecular flexibility index (Phi) is 5.73. The van der Waals surface area contributed by atoms with Gasteiger partial charge < -0.3 is 4.42 Å². The second kappa shape index (κ2) is 8.56. The molecule has 0 atom stereocenters. The zero-order chi connectivity index (χ0) is 19.1. The van der Waals surface area contributed by atoms with Gasteiger partial charge in [0.25, 0.3) is 5.69 Å². The smallest absolute Gasteiger partial charge is 0.294 e. The van der Waals surface area contributed by atoms with Crippen LogP contribution in [0.2, 0.25) is 0 Å². The molecule has 3 rings (SSSR count). The maximum absolute atomic E-state index is 11.9. The fourth-order valence-electron chi connectivity index (χ4n) is 2.39. The molecule has 0 aliphatic carbocycles. The highest BCUT2D eigenvalue weighted by molar-refractivity contribution is 5.78. The first-order valence-electron chi connectivity index (χ1n) is 8.29. The summed E-state index contributed by atoms with van der Waals surface area (Å²) in [5, 5.41) is 18.9. The van der Waals surface area contributed by atoms with Gasteiger partial charge in [-0.1, -0.05) is 30.3 Å². The largest absolute Gasteiger partial charge is 0.421 e. The van der Waals surface area contributed by atoms with E-state index in [1.807, 2.05) is 30.3 Å². The second-order valence-electron chi connectivity index (χ2n) is 5.67. The van der Waals surface area contributed by atoms with Crippen molar-refractivity contribution in [1.29, 1.82) is 0 Å². The number of benzene rings is 2. The minimum Gasteiger partial charge on any atom is -0.421 e. The van der Waals surface area contributed by atoms with Crippen LogP contribution in [0.1, 0.15) is 18.7 Å². The van der Waals surface area contributed by atoms with Gasteiger partial charge in [-0.15, -0.1) is 10.2 Å². The molecule has 0 saturated heterocycles. The van der Waals surface area contributed by atoms with E-state index in [0.29, 0.717) is 24.6 Å². The number of nitro groups is 1. The van der Waals surface area contributed by atoms with Gasteiger partial charge in [0.2, 0.25) is 17.7 Å². The van der Waals surface area contributed by atoms with Gasteiger partial charge >= 0.3 is 0 Å². The van der Waals surface area contributed by atoms with Crippen LogP contribution in [0.15, 0.2) is 59.0 Å². The minimum atomic E-state index is -0.519. The van der Waals surface area contributed by atoms with Gasteiger partial charge in [0.15, 0.2) is 0 Å². The molecular formula is C18H17N5O4. The molecule has 0 unspecified atom stereocenters. The molecule has 9 heteroatoms. The van der Waals surface area contributed by atoms with Gasteiger partial charge in [-0.25, -0.2) is 0 Å². The van der Waals surface area contributed by atoms with E-state index in [9.17, 15) is 14.9 Å². The lowest BCUT2D eigenvalue weighted by atomic mass is 10.2. The Morgan fingerprint density at radius 1 is 1.07 bits per heavy atom. The van der Waals surface area contributed by atoms with Gasteiger partial charge in [0.1, 0.15) is 5.69 Å². The first kappa shape index (κ1) is 18.1. The molecule has 0 saturated carbocycles. The molecule has 0 bridgehead atoms. The van der Waals surface area contributed by atoms with Crippen LogP contribution in [-0.2, 0) is 11.2 Å². The highest BCUT2D eigenvalue weighted by Crippen LogP contribution is 2.22. The molecule has 0 fully saturated rings. The number of carbonyl (C=O) groups is 1. The van der Waals surface area contributed by atoms with E-state index >= 15 is 0 Å². The van der Waals surface area contributed by atoms with E-state index in [1.54, 1.807) is 12.1 Å². The third-order valence-corrected chi connectivity index (χ3v) is 3.72. The number of para-hydroxylation sites is 2. The van der Waals surface area contributed by atoms with Crippen LogP contribution in [-0.4, -0.2) is 21.0 Å². The SMILES string of the molecule is O=C(CCCc1nnc(-c2ccccc2)o1)NNc1ccccc1[N+](=O)[O-]. The Balaban J connectivity index is 1.45. The van der Waals surface area contributed by atoms with Crippen molar-refractivity contribution in [3.8, 4) is 11.5 Å². The molecule has 1 aromatic heterocycles. The quantitative estimate of drug-likeness (QED) is 0.463. The Hall–Kier alpha value is -3.75. The van der Waals surface area contributed by atoms with E-state index < -0.39 is 4.92 Å². The van der Waals surface area contributed by atoms with Gasteiger partial charge in [-0.3, -0.25) is 25.8 Å². The molecule has 3 aromatic rings. The summed E-state index contributed by atoms with van der Waals surface area (Å²) < 4.78 is 5.58. The molecule has 0 aliphatic heterocycles. The average molecular weight is 367 g/mol. The third-order valence-electron chi connectivity index (χ3n) is 3.72. The van der Waals surface area contributed by atoms with E-state index in [0.717, 1.165) is 5.56 Å². The fourth-order valence-corrected chi connectivity index (χ4v) is 2.39. The summed E-state index contributed by atoms with van der Waals surface area (Å²) in [6, 6.07) is 15.5. The molecule has 2 N–H and O–H groups in total. The van der Waals surface area contributed by atoms with Crippen LogP contribution in [0.4, 0.5) is 11.4 Å². The monoisotopic (exact) mass is 367 g/mol. The number of carbonyl (C=O) groups excluding carboxylic acids is 1. The number of amides is 1. The van der Waals surface area contributed by atoms with Crippen molar-refractivity contribution in [2.45, 2.75) is 19.3 Å². The second-order valence-corrected chi connectivity index (χ2v) is 5.67. The van der Waals surface area contributed by atoms with Crippen molar-refractivity contribution in [1.82, 2.24) is 15.6 Å². The first-order valence-corrected chi connectivity index (χ1v) is 8.29. The van der Waals surface area contributed by atoms with Gasteiger partial charge in [0.05, 0.1) is 4.92 Å². The zero-order valence-corrected chi connectivity index (χ0v) is 14.3. The summed E-state index contributed by atoms with van der Waals surface area (Å²) >= 11 is 0. The van der Waals surface area contributed by atoms with E-state index in [1.165, 1.54) is 12.1 Å². The summed E-state index contributed by atoms with van der Waals surface area (Å²) in [6.45, 7) is 0. The molecule has 9 nitrogen and oxygen atoms in total. The third kappa shape index (κ3) is 4.88. The van der Waals surface area contributed by atoms with Crippen LogP contribution < -0.4 is 10.9 Å². The minimum absolute atomic E-state index is 0.114. The lowest BCUT2D eigenvalue weighted by Crippen LogP contribution is -2.29. The normalized spacial score (nSPS) is 10.4. The van der Waals surface area contributed by atoms with Gasteiger partial charge in [-0.2, -0.15) is 0 Å². The van der Waals surface area contributed by atoms with Crippen LogP contribution in [0.3, 0.4) is 0 Å². The predicted octanol–water partition coefficient (Wildman–Crippen LogP) is 3.11. The molecule has 138 valence electrons. The van der Waals surface area contributed by atoms with Crippen molar-refractivity contribution in [2.24, 2.45) is 0 Å². The Labute approximate surface area is 154 Å². The summed E-state index contributed by atoms with van der Waals surface area (Å²) in [6.07, 6.45) is 1.16. The van der Waals surface area contributed by atoms with Crippen LogP contribution in [0.5, 0.6) is 0 Å². The predicted molar refractivity (Wildman–Crippen MR) is 97.5 cm³/mol. The Morgan fingerprint density at radius 3 is 2.59 bits per heavy atom. The van der Waals surface area contributed by atoms with Crippen LogP contribution in [0.25, 0.3) is 11.5 Å². The van der Waals surface area contributed by atoms with Gasteiger partial charge in [-0.05, 0) is 24.6 Å². The van der Waals surface area contributed by atoms with Crippen molar-refractivity contribution < 1.29 is 14.1 Å². The van der Waals surface area contributed by atoms with Crippen LogP contribution in [0, 0.1) is 10.1 Å². The topological polar surface area (TPSA) is 123 Å². The number of aromatic nitrogens is 2. The summed E-state index contributed by atoms with van der Waals surface area (Å²) in [5.74, 6) is 0.595. The summed E-state index contributed by atoms with van der Waals surface area (Å²) in [7, 11) is 0. The van der Waals surface area contributed by atoms with Crippen molar-refractivity contribution >= 4 is 17.3 Å². The first-order chi connectivity index (χ1) is 13.1. The number of nitrogens with zero attached hydrogens (tertiary/aromatic N) is 3. The molecule has 1 heterocycles. The number of rotatable bonds is 8. The number of nitrogens with one attached hydrogen (secondary N) is 2. The lowest BCUT2D eigenvalue weighted by Gasteiger charge is -2.08. The average Bonchev–Trinajstić information content (AvgIpc) is 3.16. The molecule has 0 radical (unpaired) electrons. The number of nitro benzene ring substituents is 1. The van der Waals surface area contributed by atoms with Crippen molar-refractivity contribution in [3.05, 3.63) is 70.6 Å². The molecular weight excluding hydrogens is 350 g/mol. The van der Waals surface area contributed by atoms with E-state index in [4.69, 9.17) is 4.42 Å². The highest BCUT2D eigenvalue weighted by Gasteiger charge is 2.13. The maximum atomic E-state index is 11.9. The van der Waals surface area contributed by atoms with E-state index in [-0.39, 0.29) is 23.7 Å². The van der Waals surface area contributed by atoms with Gasteiger partial charge in [0, 0.05) is 24.5 Å². The molecule has 2 aromatic carbocycles. The number of hydrazine groups is 1. The summed E-state index contributed by atoms with van der Waals surface area (Å²) in [4.78, 5) is 22.3. The maximum Gasteiger partial charge on any atom is 0.294 e. The standard InChI is InChI=1S/C18H17N5O4/c24-16(20-19-14-9-4-5-10-15(14)23(25)26)11-6-12-17-21-22-18(27-17)13-7-2-1-3-8-13/h1-5,7-10,19H,6,11-12H2,(H,20,24). The number of anilines is 1. The molecule has 0 spiro atoms. The van der Waals surface area contributed by atoms with Crippen molar-refractivity contribution in [3.63, 3.8) is 0 Å². The van der Waals surface area contributed by atoms with Crippen molar-refractivity contribution in [2.75, 3.05) is 5.43 Å². The van der Waals surface area contributed by atoms with E-state index in [2.05, 4.69) is 21.0 Å². The molecule has 1 amide bonds. The highest BCUT2D eigenvalue weighted by atomic mass is 16.6. The lowest BCUT2D eigenvalue weighted by molar-refractivity contribution is -0.384. The van der Waals surface area contributed by atoms with Crippen LogP contribution >= 0.6 is 0 Å². The number of aryl methyl sites for hydroxylation is 1. The molecule has 0 aliphatic rings. The number of hydrogen-bond acceptors (Lipinski definition) is 7. The summed E-state index contributed by atoms with van der Waals surface area (Å²) in [5.41, 5.74) is 5.97. The zero-order valence-electron chi connectivity index (χ0n) is 14.3. The molecule has 27 heavy (non-hydrogen) atoms. The number of hydrogen-bond donors (Lipinski definition) is 2. The Bertz CT molecular complexity index is 926. The Morgan fingerprint density at radius 2 is 1.81 bits per heavy atom.